The van der Waals surface area contributed by atoms with E-state index < -0.39 is 0 Å². The molecule has 0 aliphatic carbocycles. The highest BCUT2D eigenvalue weighted by molar-refractivity contribution is 6.30. The Morgan fingerprint density at radius 1 is 1.15 bits per heavy atom. The minimum absolute atomic E-state index is 0.0586. The Kier molecular flexibility index (Phi) is 6.92. The summed E-state index contributed by atoms with van der Waals surface area (Å²) in [5.74, 6) is 1.60. The summed E-state index contributed by atoms with van der Waals surface area (Å²) in [7, 11) is 1.68. The summed E-state index contributed by atoms with van der Waals surface area (Å²) in [6.45, 7) is 8.18. The van der Waals surface area contributed by atoms with E-state index in [9.17, 15) is 4.79 Å². The molecule has 140 valence electrons. The van der Waals surface area contributed by atoms with Gasteiger partial charge in [0.1, 0.15) is 11.5 Å². The van der Waals surface area contributed by atoms with Gasteiger partial charge >= 0.3 is 0 Å². The third-order valence-electron chi connectivity index (χ3n) is 4.25. The molecule has 4 nitrogen and oxygen atoms in total. The van der Waals surface area contributed by atoms with Crippen LogP contribution in [0.15, 0.2) is 36.4 Å². The van der Waals surface area contributed by atoms with E-state index in [4.69, 9.17) is 21.1 Å². The van der Waals surface area contributed by atoms with Crippen LogP contribution in [0.25, 0.3) is 0 Å². The summed E-state index contributed by atoms with van der Waals surface area (Å²) < 4.78 is 11.0. The summed E-state index contributed by atoms with van der Waals surface area (Å²) in [5.41, 5.74) is 3.28. The molecule has 0 aromatic heterocycles. The smallest absolute Gasteiger partial charge is 0.258 e. The first-order valence-corrected chi connectivity index (χ1v) is 9.05. The number of rotatable bonds is 7. The number of nitrogens with one attached hydrogen (secondary N) is 1. The van der Waals surface area contributed by atoms with E-state index in [0.717, 1.165) is 22.4 Å². The average molecular weight is 376 g/mol. The van der Waals surface area contributed by atoms with Crippen LogP contribution in [0.5, 0.6) is 11.5 Å². The first kappa shape index (κ1) is 20.1. The Balaban J connectivity index is 2.05. The SMILES string of the molecule is COc1cc(C)c([C@H](C)NC(=O)COc2cccc(Cl)c2)cc1C(C)C. The van der Waals surface area contributed by atoms with Crippen LogP contribution in [-0.2, 0) is 4.79 Å². The predicted molar refractivity (Wildman–Crippen MR) is 105 cm³/mol. The van der Waals surface area contributed by atoms with Crippen molar-refractivity contribution in [1.29, 1.82) is 0 Å². The lowest BCUT2D eigenvalue weighted by atomic mass is 9.93. The second kappa shape index (κ2) is 8.95. The Morgan fingerprint density at radius 3 is 2.50 bits per heavy atom. The molecular weight excluding hydrogens is 350 g/mol. The van der Waals surface area contributed by atoms with Crippen molar-refractivity contribution in [2.45, 2.75) is 39.7 Å². The zero-order valence-corrected chi connectivity index (χ0v) is 16.7. The Bertz CT molecular complexity index is 774. The number of ether oxygens (including phenoxy) is 2. The van der Waals surface area contributed by atoms with E-state index in [-0.39, 0.29) is 18.6 Å². The number of carbonyl (C=O) groups is 1. The lowest BCUT2D eigenvalue weighted by molar-refractivity contribution is -0.123. The van der Waals surface area contributed by atoms with E-state index in [0.29, 0.717) is 16.7 Å². The van der Waals surface area contributed by atoms with Crippen LogP contribution < -0.4 is 14.8 Å². The van der Waals surface area contributed by atoms with E-state index in [1.807, 2.05) is 19.9 Å². The van der Waals surface area contributed by atoms with Crippen molar-refractivity contribution in [3.63, 3.8) is 0 Å². The van der Waals surface area contributed by atoms with Crippen molar-refractivity contribution >= 4 is 17.5 Å². The minimum atomic E-state index is -0.182. The third kappa shape index (κ3) is 5.15. The van der Waals surface area contributed by atoms with Gasteiger partial charge in [-0.2, -0.15) is 0 Å². The monoisotopic (exact) mass is 375 g/mol. The molecule has 0 spiro atoms. The lowest BCUT2D eigenvalue weighted by Gasteiger charge is -2.21. The number of hydrogen-bond donors (Lipinski definition) is 1. The maximum atomic E-state index is 12.2. The molecule has 5 heteroatoms. The van der Waals surface area contributed by atoms with Gasteiger partial charge in [-0.3, -0.25) is 4.79 Å². The number of benzene rings is 2. The number of carbonyl (C=O) groups excluding carboxylic acids is 1. The second-order valence-corrected chi connectivity index (χ2v) is 7.08. The number of methoxy groups -OCH3 is 1. The van der Waals surface area contributed by atoms with Gasteiger partial charge < -0.3 is 14.8 Å². The molecule has 0 bridgehead atoms. The van der Waals surface area contributed by atoms with Gasteiger partial charge in [0, 0.05) is 5.02 Å². The molecule has 0 aliphatic heterocycles. The van der Waals surface area contributed by atoms with Crippen LogP contribution in [-0.4, -0.2) is 19.6 Å². The van der Waals surface area contributed by atoms with Crippen molar-refractivity contribution in [2.24, 2.45) is 0 Å². The van der Waals surface area contributed by atoms with Gasteiger partial charge in [-0.05, 0) is 66.8 Å². The second-order valence-electron chi connectivity index (χ2n) is 6.64. The third-order valence-corrected chi connectivity index (χ3v) is 4.49. The molecule has 2 aromatic carbocycles. The van der Waals surface area contributed by atoms with E-state index >= 15 is 0 Å². The summed E-state index contributed by atoms with van der Waals surface area (Å²) in [6, 6.07) is 11.0. The van der Waals surface area contributed by atoms with Gasteiger partial charge in [0.2, 0.25) is 0 Å². The van der Waals surface area contributed by atoms with Crippen LogP contribution in [0.2, 0.25) is 5.02 Å². The highest BCUT2D eigenvalue weighted by Crippen LogP contribution is 2.32. The molecule has 2 aromatic rings. The van der Waals surface area contributed by atoms with Gasteiger partial charge in [0.25, 0.3) is 5.91 Å². The molecule has 26 heavy (non-hydrogen) atoms. The molecule has 0 saturated carbocycles. The highest BCUT2D eigenvalue weighted by atomic mass is 35.5. The fraction of sp³-hybridized carbons (Fsp3) is 0.381. The van der Waals surface area contributed by atoms with Gasteiger partial charge in [0.15, 0.2) is 6.61 Å². The van der Waals surface area contributed by atoms with Crippen LogP contribution in [0.4, 0.5) is 0 Å². The molecular formula is C21H26ClNO3. The highest BCUT2D eigenvalue weighted by Gasteiger charge is 2.17. The number of aryl methyl sites for hydroxylation is 1. The van der Waals surface area contributed by atoms with E-state index in [2.05, 4.69) is 25.2 Å². The maximum absolute atomic E-state index is 12.2. The largest absolute Gasteiger partial charge is 0.496 e. The maximum Gasteiger partial charge on any atom is 0.258 e. The molecule has 1 atom stereocenters. The van der Waals surface area contributed by atoms with Crippen LogP contribution in [0.1, 0.15) is 49.4 Å². The summed E-state index contributed by atoms with van der Waals surface area (Å²) in [5, 5.41) is 3.56. The lowest BCUT2D eigenvalue weighted by Crippen LogP contribution is -2.31. The molecule has 0 fully saturated rings. The molecule has 0 saturated heterocycles. The quantitative estimate of drug-likeness (QED) is 0.737. The zero-order valence-electron chi connectivity index (χ0n) is 15.9. The fourth-order valence-corrected chi connectivity index (χ4v) is 3.06. The molecule has 0 heterocycles. The van der Waals surface area contributed by atoms with Crippen LogP contribution in [0, 0.1) is 6.92 Å². The number of amides is 1. The van der Waals surface area contributed by atoms with E-state index in [1.165, 1.54) is 0 Å². The van der Waals surface area contributed by atoms with Crippen molar-refractivity contribution < 1.29 is 14.3 Å². The van der Waals surface area contributed by atoms with Gasteiger partial charge in [-0.25, -0.2) is 0 Å². The topological polar surface area (TPSA) is 47.6 Å². The molecule has 0 unspecified atom stereocenters. The Hall–Kier alpha value is -2.20. The minimum Gasteiger partial charge on any atom is -0.496 e. The van der Waals surface area contributed by atoms with Gasteiger partial charge in [0.05, 0.1) is 13.2 Å². The van der Waals surface area contributed by atoms with Crippen molar-refractivity contribution in [3.8, 4) is 11.5 Å². The first-order valence-electron chi connectivity index (χ1n) is 8.68. The van der Waals surface area contributed by atoms with Crippen molar-refractivity contribution in [3.05, 3.63) is 58.1 Å². The zero-order chi connectivity index (χ0) is 19.3. The molecule has 2 rings (SSSR count). The Labute approximate surface area is 160 Å². The van der Waals surface area contributed by atoms with Crippen LogP contribution in [0.3, 0.4) is 0 Å². The van der Waals surface area contributed by atoms with E-state index in [1.54, 1.807) is 31.4 Å². The van der Waals surface area contributed by atoms with Gasteiger partial charge in [-0.1, -0.05) is 31.5 Å². The normalized spacial score (nSPS) is 12.0. The van der Waals surface area contributed by atoms with Crippen molar-refractivity contribution in [2.75, 3.05) is 13.7 Å². The Morgan fingerprint density at radius 2 is 1.88 bits per heavy atom. The first-order chi connectivity index (χ1) is 12.3. The molecule has 1 N–H and O–H groups in total. The summed E-state index contributed by atoms with van der Waals surface area (Å²) in [4.78, 5) is 12.2. The summed E-state index contributed by atoms with van der Waals surface area (Å²) in [6.07, 6.45) is 0. The molecule has 1 amide bonds. The number of hydrogen-bond acceptors (Lipinski definition) is 3. The number of halogens is 1. The molecule has 0 aliphatic rings. The standard InChI is InChI=1S/C21H26ClNO3/c1-13(2)18-11-19(14(3)9-20(18)25-5)15(4)23-21(24)12-26-17-8-6-7-16(22)10-17/h6-11,13,15H,12H2,1-5H3,(H,23,24)/t15-/m0/s1. The fourth-order valence-electron chi connectivity index (χ4n) is 2.88. The van der Waals surface area contributed by atoms with Crippen molar-refractivity contribution in [1.82, 2.24) is 5.32 Å². The van der Waals surface area contributed by atoms with Crippen LogP contribution >= 0.6 is 11.6 Å². The van der Waals surface area contributed by atoms with Gasteiger partial charge in [-0.15, -0.1) is 0 Å². The average Bonchev–Trinajstić information content (AvgIpc) is 2.59. The predicted octanol–water partition coefficient (Wildman–Crippen LogP) is 5.04. The summed E-state index contributed by atoms with van der Waals surface area (Å²) >= 11 is 5.92. The molecule has 0 radical (unpaired) electrons.